The topological polar surface area (TPSA) is 36.4 Å². The summed E-state index contributed by atoms with van der Waals surface area (Å²) in [6, 6.07) is 6.13. The Morgan fingerprint density at radius 3 is 2.72 bits per heavy atom. The third-order valence-corrected chi connectivity index (χ3v) is 6.33. The highest BCUT2D eigenvalue weighted by Gasteiger charge is 2.28. The van der Waals surface area contributed by atoms with Crippen LogP contribution in [0.2, 0.25) is 0 Å². The fourth-order valence-corrected chi connectivity index (χ4v) is 4.75. The van der Waals surface area contributed by atoms with E-state index in [-0.39, 0.29) is 11.8 Å². The summed E-state index contributed by atoms with van der Waals surface area (Å²) in [5.41, 5.74) is 0.962. The second-order valence-corrected chi connectivity index (χ2v) is 9.01. The van der Waals surface area contributed by atoms with Crippen LogP contribution in [0.1, 0.15) is 38.5 Å². The van der Waals surface area contributed by atoms with E-state index in [0.29, 0.717) is 0 Å². The summed E-state index contributed by atoms with van der Waals surface area (Å²) in [6.07, 6.45) is 6.63. The van der Waals surface area contributed by atoms with E-state index in [2.05, 4.69) is 41.0 Å². The number of thiazole rings is 1. The summed E-state index contributed by atoms with van der Waals surface area (Å²) >= 11 is 5.13. The minimum absolute atomic E-state index is 0.173. The van der Waals surface area contributed by atoms with Crippen LogP contribution in [-0.4, -0.2) is 43.0 Å². The van der Waals surface area contributed by atoms with Gasteiger partial charge in [-0.3, -0.25) is 9.69 Å². The van der Waals surface area contributed by atoms with Gasteiger partial charge in [-0.1, -0.05) is 46.5 Å². The van der Waals surface area contributed by atoms with Crippen LogP contribution < -0.4 is 4.90 Å². The lowest BCUT2D eigenvalue weighted by atomic mass is 9.88. The van der Waals surface area contributed by atoms with E-state index < -0.39 is 0 Å². The molecule has 2 aromatic rings. The van der Waals surface area contributed by atoms with Crippen LogP contribution >= 0.6 is 27.3 Å². The molecule has 0 bridgehead atoms. The van der Waals surface area contributed by atoms with Gasteiger partial charge in [0.15, 0.2) is 5.13 Å². The summed E-state index contributed by atoms with van der Waals surface area (Å²) in [5.74, 6) is 0.448. The van der Waals surface area contributed by atoms with Crippen molar-refractivity contribution in [3.63, 3.8) is 0 Å². The average molecular weight is 424 g/mol. The van der Waals surface area contributed by atoms with Gasteiger partial charge in [-0.15, -0.1) is 0 Å². The van der Waals surface area contributed by atoms with Gasteiger partial charge in [-0.2, -0.15) is 0 Å². The first-order valence-electron chi connectivity index (χ1n) is 9.07. The molecule has 1 heterocycles. The van der Waals surface area contributed by atoms with Crippen LogP contribution in [0.15, 0.2) is 22.7 Å². The first kappa shape index (κ1) is 18.8. The van der Waals surface area contributed by atoms with Crippen molar-refractivity contribution < 1.29 is 4.79 Å². The second kappa shape index (κ2) is 8.60. The van der Waals surface area contributed by atoms with Crippen molar-refractivity contribution in [2.24, 2.45) is 5.92 Å². The zero-order valence-corrected chi connectivity index (χ0v) is 17.4. The molecule has 1 amide bonds. The molecule has 0 aliphatic heterocycles. The Labute approximate surface area is 162 Å². The van der Waals surface area contributed by atoms with E-state index in [0.717, 1.165) is 52.2 Å². The van der Waals surface area contributed by atoms with Gasteiger partial charge in [0.05, 0.1) is 10.2 Å². The maximum atomic E-state index is 13.2. The van der Waals surface area contributed by atoms with Crippen LogP contribution in [0.5, 0.6) is 0 Å². The summed E-state index contributed by atoms with van der Waals surface area (Å²) in [7, 11) is 4.14. The van der Waals surface area contributed by atoms with Crippen molar-refractivity contribution in [3.8, 4) is 0 Å². The summed E-state index contributed by atoms with van der Waals surface area (Å²) in [5, 5.41) is 0.849. The number of anilines is 1. The molecule has 3 rings (SSSR count). The molecule has 0 unspecified atom stereocenters. The summed E-state index contributed by atoms with van der Waals surface area (Å²) < 4.78 is 2.15. The second-order valence-electron chi connectivity index (χ2n) is 7.09. The highest BCUT2D eigenvalue weighted by Crippen LogP contribution is 2.33. The SMILES string of the molecule is CN(C)CCCN(C(=O)C1CCCCC1)c1nc2cc(Br)ccc2s1. The Hall–Kier alpha value is -0.980. The summed E-state index contributed by atoms with van der Waals surface area (Å²) in [4.78, 5) is 22.1. The Kier molecular flexibility index (Phi) is 6.47. The average Bonchev–Trinajstić information content (AvgIpc) is 3.01. The molecule has 1 saturated carbocycles. The quantitative estimate of drug-likeness (QED) is 0.660. The monoisotopic (exact) mass is 423 g/mol. The Bertz CT molecular complexity index is 725. The molecule has 0 saturated heterocycles. The number of nitrogens with zero attached hydrogens (tertiary/aromatic N) is 3. The third kappa shape index (κ3) is 4.80. The molecule has 136 valence electrons. The largest absolute Gasteiger partial charge is 0.309 e. The molecular formula is C19H26BrN3OS. The van der Waals surface area contributed by atoms with E-state index in [1.165, 1.54) is 19.3 Å². The van der Waals surface area contributed by atoms with E-state index in [1.54, 1.807) is 11.3 Å². The smallest absolute Gasteiger partial charge is 0.231 e. The Morgan fingerprint density at radius 1 is 1.24 bits per heavy atom. The number of benzene rings is 1. The molecule has 1 aliphatic carbocycles. The number of aromatic nitrogens is 1. The predicted octanol–water partition coefficient (Wildman–Crippen LogP) is 4.92. The maximum Gasteiger partial charge on any atom is 0.231 e. The van der Waals surface area contributed by atoms with Crippen molar-refractivity contribution in [3.05, 3.63) is 22.7 Å². The molecule has 0 N–H and O–H groups in total. The molecule has 4 nitrogen and oxygen atoms in total. The van der Waals surface area contributed by atoms with Gasteiger partial charge in [0.1, 0.15) is 0 Å². The number of fused-ring (bicyclic) bond motifs is 1. The maximum absolute atomic E-state index is 13.2. The van der Waals surface area contributed by atoms with E-state index >= 15 is 0 Å². The number of carbonyl (C=O) groups excluding carboxylic acids is 1. The number of hydrogen-bond donors (Lipinski definition) is 0. The molecule has 1 aliphatic rings. The molecule has 1 fully saturated rings. The fourth-order valence-electron chi connectivity index (χ4n) is 3.42. The van der Waals surface area contributed by atoms with Crippen LogP contribution in [0.3, 0.4) is 0 Å². The Morgan fingerprint density at radius 2 is 2.00 bits per heavy atom. The predicted molar refractivity (Wildman–Crippen MR) is 109 cm³/mol. The standard InChI is InChI=1S/C19H26BrN3OS/c1-22(2)11-6-12-23(18(24)14-7-4-3-5-8-14)19-21-16-13-15(20)9-10-17(16)25-19/h9-10,13-14H,3-8,11-12H2,1-2H3. The van der Waals surface area contributed by atoms with Gasteiger partial charge >= 0.3 is 0 Å². The van der Waals surface area contributed by atoms with Crippen LogP contribution in [0, 0.1) is 5.92 Å². The first-order valence-corrected chi connectivity index (χ1v) is 10.7. The van der Waals surface area contributed by atoms with E-state index in [4.69, 9.17) is 4.98 Å². The van der Waals surface area contributed by atoms with Crippen molar-refractivity contribution in [2.75, 3.05) is 32.1 Å². The van der Waals surface area contributed by atoms with Gasteiger partial charge in [-0.05, 0) is 58.1 Å². The van der Waals surface area contributed by atoms with Gasteiger partial charge in [-0.25, -0.2) is 4.98 Å². The highest BCUT2D eigenvalue weighted by molar-refractivity contribution is 9.10. The van der Waals surface area contributed by atoms with Gasteiger partial charge in [0, 0.05) is 16.9 Å². The lowest BCUT2D eigenvalue weighted by Crippen LogP contribution is -2.38. The molecule has 1 aromatic carbocycles. The highest BCUT2D eigenvalue weighted by atomic mass is 79.9. The van der Waals surface area contributed by atoms with Gasteiger partial charge in [0.25, 0.3) is 0 Å². The van der Waals surface area contributed by atoms with Crippen molar-refractivity contribution >= 4 is 48.5 Å². The minimum Gasteiger partial charge on any atom is -0.309 e. The molecule has 25 heavy (non-hydrogen) atoms. The zero-order chi connectivity index (χ0) is 17.8. The van der Waals surface area contributed by atoms with Crippen molar-refractivity contribution in [1.29, 1.82) is 0 Å². The van der Waals surface area contributed by atoms with Gasteiger partial charge in [0.2, 0.25) is 5.91 Å². The molecule has 0 spiro atoms. The van der Waals surface area contributed by atoms with Crippen molar-refractivity contribution in [1.82, 2.24) is 9.88 Å². The van der Waals surface area contributed by atoms with Crippen LogP contribution in [-0.2, 0) is 4.79 Å². The normalized spacial score (nSPS) is 15.8. The third-order valence-electron chi connectivity index (χ3n) is 4.78. The van der Waals surface area contributed by atoms with Crippen LogP contribution in [0.25, 0.3) is 10.2 Å². The van der Waals surface area contributed by atoms with Crippen molar-refractivity contribution in [2.45, 2.75) is 38.5 Å². The lowest BCUT2D eigenvalue weighted by molar-refractivity contribution is -0.123. The molecule has 0 radical (unpaired) electrons. The molecule has 6 heteroatoms. The first-order chi connectivity index (χ1) is 12.0. The number of halogens is 1. The van der Waals surface area contributed by atoms with E-state index in [9.17, 15) is 4.79 Å². The fraction of sp³-hybridized carbons (Fsp3) is 0.579. The number of hydrogen-bond acceptors (Lipinski definition) is 4. The zero-order valence-electron chi connectivity index (χ0n) is 15.0. The van der Waals surface area contributed by atoms with E-state index in [1.807, 2.05) is 17.0 Å². The molecular weight excluding hydrogens is 398 g/mol. The van der Waals surface area contributed by atoms with Crippen LogP contribution in [0.4, 0.5) is 5.13 Å². The lowest BCUT2D eigenvalue weighted by Gasteiger charge is -2.28. The molecule has 0 atom stereocenters. The number of amides is 1. The summed E-state index contributed by atoms with van der Waals surface area (Å²) in [6.45, 7) is 1.72. The molecule has 1 aromatic heterocycles. The Balaban J connectivity index is 1.83. The van der Waals surface area contributed by atoms with Gasteiger partial charge < -0.3 is 4.90 Å². The number of carbonyl (C=O) groups is 1. The number of rotatable bonds is 6. The minimum atomic E-state index is 0.173.